The van der Waals surface area contributed by atoms with E-state index in [4.69, 9.17) is 9.84 Å². The molecule has 100 valence electrons. The first-order chi connectivity index (χ1) is 9.68. The van der Waals surface area contributed by atoms with Crippen LogP contribution in [-0.4, -0.2) is 23.5 Å². The Hall–Kier alpha value is -2.62. The van der Waals surface area contributed by atoms with Crippen LogP contribution in [0.4, 0.5) is 0 Å². The van der Waals surface area contributed by atoms with Crippen molar-refractivity contribution in [1.29, 1.82) is 0 Å². The van der Waals surface area contributed by atoms with Gasteiger partial charge in [-0.1, -0.05) is 42.5 Å². The van der Waals surface area contributed by atoms with E-state index in [2.05, 4.69) is 0 Å². The van der Waals surface area contributed by atoms with Crippen molar-refractivity contribution < 1.29 is 19.4 Å². The monoisotopic (exact) mass is 268 g/mol. The number of hydrogen-bond acceptors (Lipinski definition) is 3. The molecule has 0 bridgehead atoms. The fraction of sp³-hybridized carbons (Fsp3) is 0.125. The molecule has 1 atom stereocenters. The summed E-state index contributed by atoms with van der Waals surface area (Å²) in [6.07, 6.45) is 0. The highest BCUT2D eigenvalue weighted by atomic mass is 16.5. The number of ketones is 1. The van der Waals surface area contributed by atoms with Crippen molar-refractivity contribution in [2.75, 3.05) is 6.61 Å². The minimum Gasteiger partial charge on any atom is -0.491 e. The van der Waals surface area contributed by atoms with Gasteiger partial charge < -0.3 is 9.84 Å². The summed E-state index contributed by atoms with van der Waals surface area (Å²) in [7, 11) is 0. The van der Waals surface area contributed by atoms with Crippen molar-refractivity contribution in [3.05, 3.63) is 65.2 Å². The molecule has 0 unspecified atom stereocenters. The summed E-state index contributed by atoms with van der Waals surface area (Å²) in [5.74, 6) is -1.40. The Morgan fingerprint density at radius 3 is 2.50 bits per heavy atom. The zero-order chi connectivity index (χ0) is 14.1. The lowest BCUT2D eigenvalue weighted by molar-refractivity contribution is -0.138. The topological polar surface area (TPSA) is 63.6 Å². The Balaban J connectivity index is 2.05. The molecule has 0 amide bonds. The molecule has 0 saturated carbocycles. The predicted molar refractivity (Wildman–Crippen MR) is 72.2 cm³/mol. The maximum atomic E-state index is 12.5. The summed E-state index contributed by atoms with van der Waals surface area (Å²) >= 11 is 0. The van der Waals surface area contributed by atoms with Crippen LogP contribution in [0.15, 0.2) is 48.5 Å². The van der Waals surface area contributed by atoms with Crippen molar-refractivity contribution in [2.45, 2.75) is 5.92 Å². The van der Waals surface area contributed by atoms with Gasteiger partial charge in [-0.3, -0.25) is 9.59 Å². The average molecular weight is 268 g/mol. The molecule has 2 aromatic rings. The summed E-state index contributed by atoms with van der Waals surface area (Å²) < 4.78 is 5.44. The number of carbonyl (C=O) groups is 2. The van der Waals surface area contributed by atoms with Crippen molar-refractivity contribution in [3.63, 3.8) is 0 Å². The summed E-state index contributed by atoms with van der Waals surface area (Å²) in [4.78, 5) is 23.6. The lowest BCUT2D eigenvalue weighted by Gasteiger charge is -2.07. The van der Waals surface area contributed by atoms with E-state index in [-0.39, 0.29) is 12.4 Å². The van der Waals surface area contributed by atoms with E-state index in [0.717, 1.165) is 0 Å². The maximum Gasteiger partial charge on any atom is 0.314 e. The highest BCUT2D eigenvalue weighted by Gasteiger charge is 2.33. The number of hydrogen-bond donors (Lipinski definition) is 1. The van der Waals surface area contributed by atoms with Crippen molar-refractivity contribution in [3.8, 4) is 5.75 Å². The van der Waals surface area contributed by atoms with Crippen molar-refractivity contribution >= 4 is 11.8 Å². The van der Waals surface area contributed by atoms with Gasteiger partial charge in [0.1, 0.15) is 18.3 Å². The first kappa shape index (κ1) is 12.4. The molecule has 0 aromatic heterocycles. The molecule has 0 spiro atoms. The predicted octanol–water partition coefficient (Wildman–Crippen LogP) is 2.48. The van der Waals surface area contributed by atoms with Crippen LogP contribution >= 0.6 is 0 Å². The lowest BCUT2D eigenvalue weighted by atomic mass is 9.95. The highest BCUT2D eigenvalue weighted by Crippen LogP contribution is 2.37. The van der Waals surface area contributed by atoms with E-state index in [9.17, 15) is 9.59 Å². The first-order valence-electron chi connectivity index (χ1n) is 6.26. The van der Waals surface area contributed by atoms with Crippen molar-refractivity contribution in [2.24, 2.45) is 0 Å². The van der Waals surface area contributed by atoms with Crippen molar-refractivity contribution in [1.82, 2.24) is 0 Å². The third-order valence-electron chi connectivity index (χ3n) is 3.39. The third-order valence-corrected chi connectivity index (χ3v) is 3.39. The van der Waals surface area contributed by atoms with Crippen LogP contribution in [0.5, 0.6) is 5.75 Å². The number of rotatable bonds is 3. The van der Waals surface area contributed by atoms with E-state index >= 15 is 0 Å². The molecular formula is C16H12O4. The molecule has 0 aliphatic carbocycles. The molecule has 2 aromatic carbocycles. The Kier molecular flexibility index (Phi) is 2.99. The Labute approximate surface area is 115 Å². The van der Waals surface area contributed by atoms with Gasteiger partial charge in [-0.2, -0.15) is 0 Å². The zero-order valence-corrected chi connectivity index (χ0v) is 10.6. The second-order valence-electron chi connectivity index (χ2n) is 4.62. The molecular weight excluding hydrogens is 256 g/mol. The van der Waals surface area contributed by atoms with Crippen LogP contribution in [-0.2, 0) is 4.79 Å². The molecule has 1 heterocycles. The largest absolute Gasteiger partial charge is 0.491 e. The van der Waals surface area contributed by atoms with Gasteiger partial charge in [-0.25, -0.2) is 0 Å². The fourth-order valence-electron chi connectivity index (χ4n) is 2.37. The third kappa shape index (κ3) is 1.95. The fourth-order valence-corrected chi connectivity index (χ4v) is 2.37. The van der Waals surface area contributed by atoms with E-state index < -0.39 is 11.9 Å². The molecule has 0 fully saturated rings. The molecule has 3 rings (SSSR count). The quantitative estimate of drug-likeness (QED) is 0.869. The van der Waals surface area contributed by atoms with E-state index in [1.807, 2.05) is 6.07 Å². The Morgan fingerprint density at radius 1 is 1.05 bits per heavy atom. The lowest BCUT2D eigenvalue weighted by Crippen LogP contribution is -2.12. The number of aliphatic carboxylic acids is 1. The van der Waals surface area contributed by atoms with Gasteiger partial charge in [0.05, 0.1) is 5.56 Å². The number of fused-ring (bicyclic) bond motifs is 1. The number of benzene rings is 2. The van der Waals surface area contributed by atoms with Gasteiger partial charge in [-0.05, 0) is 6.07 Å². The smallest absolute Gasteiger partial charge is 0.314 e. The maximum absolute atomic E-state index is 12.5. The molecule has 1 aliphatic heterocycles. The van der Waals surface area contributed by atoms with Crippen LogP contribution in [0.2, 0.25) is 0 Å². The summed E-state index contributed by atoms with van der Waals surface area (Å²) in [6.45, 7) is 0.0732. The van der Waals surface area contributed by atoms with Gasteiger partial charge in [0.15, 0.2) is 5.78 Å². The normalized spacial score (nSPS) is 16.3. The summed E-state index contributed by atoms with van der Waals surface area (Å²) in [5, 5.41) is 9.14. The molecule has 1 N–H and O–H groups in total. The molecule has 0 saturated heterocycles. The highest BCUT2D eigenvalue weighted by molar-refractivity contribution is 6.11. The number of carbonyl (C=O) groups excluding carboxylic acids is 1. The zero-order valence-electron chi connectivity index (χ0n) is 10.6. The number of ether oxygens (including phenoxy) is 1. The van der Waals surface area contributed by atoms with Gasteiger partial charge in [-0.15, -0.1) is 0 Å². The van der Waals surface area contributed by atoms with Crippen LogP contribution < -0.4 is 4.74 Å². The Morgan fingerprint density at radius 2 is 1.80 bits per heavy atom. The number of carboxylic acid groups (broad SMARTS) is 1. The van der Waals surface area contributed by atoms with Gasteiger partial charge >= 0.3 is 5.97 Å². The molecule has 4 heteroatoms. The van der Waals surface area contributed by atoms with Crippen LogP contribution in [0.25, 0.3) is 0 Å². The van der Waals surface area contributed by atoms with Gasteiger partial charge in [0, 0.05) is 11.1 Å². The SMILES string of the molecule is O=C(c1ccccc1)c1cccc2c1OC[C@H]2C(=O)O. The second-order valence-corrected chi connectivity index (χ2v) is 4.62. The van der Waals surface area contributed by atoms with Gasteiger partial charge in [0.25, 0.3) is 0 Å². The number of para-hydroxylation sites is 1. The van der Waals surface area contributed by atoms with E-state index in [0.29, 0.717) is 22.4 Å². The standard InChI is InChI=1S/C16H12O4/c17-14(10-5-2-1-3-6-10)12-8-4-7-11-13(16(18)19)9-20-15(11)12/h1-8,13H,9H2,(H,18,19)/t13-/m1/s1. The molecule has 20 heavy (non-hydrogen) atoms. The van der Waals surface area contributed by atoms with Crippen LogP contribution in [0.1, 0.15) is 27.4 Å². The molecule has 0 radical (unpaired) electrons. The van der Waals surface area contributed by atoms with Crippen LogP contribution in [0, 0.1) is 0 Å². The van der Waals surface area contributed by atoms with E-state index in [1.54, 1.807) is 42.5 Å². The minimum absolute atomic E-state index is 0.0732. The number of carboxylic acids is 1. The van der Waals surface area contributed by atoms with E-state index in [1.165, 1.54) is 0 Å². The second kappa shape index (κ2) is 4.81. The molecule has 1 aliphatic rings. The summed E-state index contributed by atoms with van der Waals surface area (Å²) in [6, 6.07) is 13.9. The Bertz CT molecular complexity index is 676. The van der Waals surface area contributed by atoms with Crippen LogP contribution in [0.3, 0.4) is 0 Å². The minimum atomic E-state index is -0.937. The average Bonchev–Trinajstić information content (AvgIpc) is 2.91. The summed E-state index contributed by atoms with van der Waals surface area (Å²) in [5.41, 5.74) is 1.54. The molecule has 4 nitrogen and oxygen atoms in total. The van der Waals surface area contributed by atoms with Gasteiger partial charge in [0.2, 0.25) is 0 Å². The first-order valence-corrected chi connectivity index (χ1v) is 6.26.